The Hall–Kier alpha value is -1.82. The van der Waals surface area contributed by atoms with Crippen LogP contribution in [-0.4, -0.2) is 42.4 Å². The molecule has 1 aromatic rings. The number of hydrogen-bond acceptors (Lipinski definition) is 6. The van der Waals surface area contributed by atoms with E-state index in [1.165, 1.54) is 6.20 Å². The Balaban J connectivity index is 2.07. The van der Waals surface area contributed by atoms with E-state index in [1.807, 2.05) is 11.9 Å². The van der Waals surface area contributed by atoms with Crippen molar-refractivity contribution >= 4 is 17.5 Å². The van der Waals surface area contributed by atoms with E-state index in [2.05, 4.69) is 4.98 Å². The number of esters is 1. The molecule has 2 rings (SSSR count). The molecule has 0 bridgehead atoms. The lowest BCUT2D eigenvalue weighted by Gasteiger charge is -2.34. The zero-order chi connectivity index (χ0) is 14.7. The molecule has 1 fully saturated rings. The number of hydrogen-bond donors (Lipinski definition) is 2. The summed E-state index contributed by atoms with van der Waals surface area (Å²) >= 11 is 0. The molecule has 1 saturated carbocycles. The molecule has 1 aliphatic rings. The van der Waals surface area contributed by atoms with Crippen LogP contribution < -0.4 is 10.6 Å². The molecular weight excluding hydrogens is 258 g/mol. The van der Waals surface area contributed by atoms with Gasteiger partial charge in [0.15, 0.2) is 0 Å². The number of carbonyl (C=O) groups is 1. The van der Waals surface area contributed by atoms with Gasteiger partial charge in [0.25, 0.3) is 0 Å². The molecule has 6 heteroatoms. The number of aliphatic hydroxyl groups excluding tert-OH is 1. The second-order valence-electron chi connectivity index (χ2n) is 5.22. The van der Waals surface area contributed by atoms with Crippen molar-refractivity contribution < 1.29 is 14.6 Å². The van der Waals surface area contributed by atoms with Crippen LogP contribution >= 0.6 is 0 Å². The highest BCUT2D eigenvalue weighted by atomic mass is 16.5. The van der Waals surface area contributed by atoms with Gasteiger partial charge in [0.2, 0.25) is 0 Å². The SMILES string of the molecule is CCOC(=O)c1cc(N(C)CC2CC(O)C2)ncc1N. The topological polar surface area (TPSA) is 88.7 Å². The molecule has 0 amide bonds. The zero-order valence-electron chi connectivity index (χ0n) is 11.9. The van der Waals surface area contributed by atoms with E-state index in [0.717, 1.165) is 19.4 Å². The number of nitrogens with two attached hydrogens (primary N) is 1. The van der Waals surface area contributed by atoms with Crippen molar-refractivity contribution in [1.29, 1.82) is 0 Å². The number of ether oxygens (including phenoxy) is 1. The maximum atomic E-state index is 11.8. The summed E-state index contributed by atoms with van der Waals surface area (Å²) in [7, 11) is 1.91. The molecule has 1 aromatic heterocycles. The van der Waals surface area contributed by atoms with Crippen LogP contribution in [0.15, 0.2) is 12.3 Å². The van der Waals surface area contributed by atoms with Gasteiger partial charge in [-0.15, -0.1) is 0 Å². The third-order valence-corrected chi connectivity index (χ3v) is 3.55. The lowest BCUT2D eigenvalue weighted by Crippen LogP contribution is -2.37. The van der Waals surface area contributed by atoms with Crippen molar-refractivity contribution in [1.82, 2.24) is 4.98 Å². The van der Waals surface area contributed by atoms with Crippen molar-refractivity contribution in [3.8, 4) is 0 Å². The van der Waals surface area contributed by atoms with E-state index in [-0.39, 0.29) is 6.10 Å². The summed E-state index contributed by atoms with van der Waals surface area (Å²) in [5.41, 5.74) is 6.43. The fraction of sp³-hybridized carbons (Fsp3) is 0.571. The van der Waals surface area contributed by atoms with Gasteiger partial charge in [-0.25, -0.2) is 9.78 Å². The summed E-state index contributed by atoms with van der Waals surface area (Å²) in [6, 6.07) is 1.66. The fourth-order valence-electron chi connectivity index (χ4n) is 2.38. The average molecular weight is 279 g/mol. The van der Waals surface area contributed by atoms with E-state index in [4.69, 9.17) is 10.5 Å². The van der Waals surface area contributed by atoms with Crippen molar-refractivity contribution in [3.63, 3.8) is 0 Å². The summed E-state index contributed by atoms with van der Waals surface area (Å²) in [4.78, 5) is 18.0. The molecule has 0 radical (unpaired) electrons. The predicted octanol–water partition coefficient (Wildman–Crippen LogP) is 1.05. The van der Waals surface area contributed by atoms with Gasteiger partial charge in [-0.2, -0.15) is 0 Å². The van der Waals surface area contributed by atoms with E-state index in [0.29, 0.717) is 29.6 Å². The minimum absolute atomic E-state index is 0.164. The Morgan fingerprint density at radius 1 is 1.60 bits per heavy atom. The fourth-order valence-corrected chi connectivity index (χ4v) is 2.38. The van der Waals surface area contributed by atoms with Crippen LogP contribution in [-0.2, 0) is 4.74 Å². The first-order valence-electron chi connectivity index (χ1n) is 6.83. The van der Waals surface area contributed by atoms with Gasteiger partial charge >= 0.3 is 5.97 Å². The molecular formula is C14H21N3O3. The van der Waals surface area contributed by atoms with Gasteiger partial charge in [-0.3, -0.25) is 0 Å². The summed E-state index contributed by atoms with van der Waals surface area (Å²) in [6.45, 7) is 2.87. The van der Waals surface area contributed by atoms with Crippen LogP contribution in [0.5, 0.6) is 0 Å². The summed E-state index contributed by atoms with van der Waals surface area (Å²) in [6.07, 6.45) is 2.96. The second-order valence-corrected chi connectivity index (χ2v) is 5.22. The Labute approximate surface area is 118 Å². The monoisotopic (exact) mass is 279 g/mol. The highest BCUT2D eigenvalue weighted by Gasteiger charge is 2.28. The summed E-state index contributed by atoms with van der Waals surface area (Å²) < 4.78 is 4.97. The first kappa shape index (κ1) is 14.6. The number of rotatable bonds is 5. The van der Waals surface area contributed by atoms with Gasteiger partial charge in [0, 0.05) is 13.6 Å². The molecule has 3 N–H and O–H groups in total. The van der Waals surface area contributed by atoms with Crippen molar-refractivity contribution in [3.05, 3.63) is 17.8 Å². The standard InChI is InChI=1S/C14H21N3O3/c1-3-20-14(19)11-6-13(16-7-12(11)15)17(2)8-9-4-10(18)5-9/h6-7,9-10,18H,3-5,8,15H2,1-2H3. The van der Waals surface area contributed by atoms with Gasteiger partial charge in [-0.05, 0) is 31.7 Å². The van der Waals surface area contributed by atoms with Crippen LogP contribution in [0.3, 0.4) is 0 Å². The van der Waals surface area contributed by atoms with Crippen LogP contribution in [0.1, 0.15) is 30.1 Å². The maximum Gasteiger partial charge on any atom is 0.340 e. The molecule has 20 heavy (non-hydrogen) atoms. The number of nitrogen functional groups attached to an aromatic ring is 1. The van der Waals surface area contributed by atoms with Gasteiger partial charge in [0.1, 0.15) is 5.82 Å². The summed E-state index contributed by atoms with van der Waals surface area (Å²) in [5, 5.41) is 9.30. The highest BCUT2D eigenvalue weighted by molar-refractivity contribution is 5.95. The maximum absolute atomic E-state index is 11.8. The van der Waals surface area contributed by atoms with Crippen LogP contribution in [0.2, 0.25) is 0 Å². The molecule has 0 aromatic carbocycles. The average Bonchev–Trinajstić information content (AvgIpc) is 2.37. The molecule has 0 aliphatic heterocycles. The number of aliphatic hydroxyl groups is 1. The number of anilines is 2. The predicted molar refractivity (Wildman–Crippen MR) is 76.6 cm³/mol. The molecule has 1 heterocycles. The first-order chi connectivity index (χ1) is 9.51. The molecule has 110 valence electrons. The Morgan fingerprint density at radius 2 is 2.30 bits per heavy atom. The van der Waals surface area contributed by atoms with Gasteiger partial charge in [-0.1, -0.05) is 0 Å². The normalized spacial score (nSPS) is 21.1. The lowest BCUT2D eigenvalue weighted by molar-refractivity contribution is 0.0464. The van der Waals surface area contributed by atoms with Crippen LogP contribution in [0.25, 0.3) is 0 Å². The Bertz CT molecular complexity index is 487. The second kappa shape index (κ2) is 6.09. The number of nitrogens with zero attached hydrogens (tertiary/aromatic N) is 2. The van der Waals surface area contributed by atoms with Crippen molar-refractivity contribution in [2.75, 3.05) is 30.8 Å². The van der Waals surface area contributed by atoms with E-state index >= 15 is 0 Å². The lowest BCUT2D eigenvalue weighted by atomic mass is 9.82. The van der Waals surface area contributed by atoms with Crippen molar-refractivity contribution in [2.45, 2.75) is 25.9 Å². The van der Waals surface area contributed by atoms with Crippen LogP contribution in [0, 0.1) is 5.92 Å². The van der Waals surface area contributed by atoms with Crippen molar-refractivity contribution in [2.24, 2.45) is 5.92 Å². The van der Waals surface area contributed by atoms with Gasteiger partial charge in [0.05, 0.1) is 30.2 Å². The minimum Gasteiger partial charge on any atom is -0.462 e. The molecule has 0 spiro atoms. The molecule has 0 saturated heterocycles. The molecule has 0 atom stereocenters. The van der Waals surface area contributed by atoms with E-state index in [9.17, 15) is 9.90 Å². The van der Waals surface area contributed by atoms with E-state index in [1.54, 1.807) is 13.0 Å². The quantitative estimate of drug-likeness (QED) is 0.783. The molecule has 6 nitrogen and oxygen atoms in total. The Kier molecular flexibility index (Phi) is 4.44. The smallest absolute Gasteiger partial charge is 0.340 e. The Morgan fingerprint density at radius 3 is 2.90 bits per heavy atom. The third-order valence-electron chi connectivity index (χ3n) is 3.55. The third kappa shape index (κ3) is 3.19. The number of aromatic nitrogens is 1. The highest BCUT2D eigenvalue weighted by Crippen LogP contribution is 2.29. The molecule has 1 aliphatic carbocycles. The number of pyridine rings is 1. The zero-order valence-corrected chi connectivity index (χ0v) is 11.9. The van der Waals surface area contributed by atoms with Crippen LogP contribution in [0.4, 0.5) is 11.5 Å². The summed E-state index contributed by atoms with van der Waals surface area (Å²) in [5.74, 6) is 0.727. The number of carbonyl (C=O) groups excluding carboxylic acids is 1. The van der Waals surface area contributed by atoms with E-state index < -0.39 is 5.97 Å². The van der Waals surface area contributed by atoms with Gasteiger partial charge < -0.3 is 20.5 Å². The first-order valence-corrected chi connectivity index (χ1v) is 6.83. The molecule has 0 unspecified atom stereocenters. The minimum atomic E-state index is -0.430. The largest absolute Gasteiger partial charge is 0.462 e.